The van der Waals surface area contributed by atoms with Gasteiger partial charge in [-0.3, -0.25) is 4.79 Å². The van der Waals surface area contributed by atoms with Crippen LogP contribution < -0.4 is 10.0 Å². The average Bonchev–Trinajstić information content (AvgIpc) is 2.50. The van der Waals surface area contributed by atoms with Gasteiger partial charge in [-0.1, -0.05) is 35.4 Å². The van der Waals surface area contributed by atoms with E-state index in [1.165, 1.54) is 19.1 Å². The molecule has 1 amide bonds. The van der Waals surface area contributed by atoms with Crippen molar-refractivity contribution in [2.45, 2.75) is 38.6 Å². The normalized spacial score (nSPS) is 12.7. The number of nitrogens with one attached hydrogen (secondary N) is 2. The number of carbonyl (C=O) groups excluding carboxylic acids is 1. The van der Waals surface area contributed by atoms with Crippen LogP contribution in [0, 0.1) is 20.8 Å². The van der Waals surface area contributed by atoms with Crippen molar-refractivity contribution in [3.63, 3.8) is 0 Å². The lowest BCUT2D eigenvalue weighted by molar-refractivity contribution is -0.117. The van der Waals surface area contributed by atoms with E-state index in [1.807, 2.05) is 39.0 Å². The topological polar surface area (TPSA) is 75.3 Å². The molecule has 2 aromatic rings. The summed E-state index contributed by atoms with van der Waals surface area (Å²) in [5.74, 6) is -0.405. The highest BCUT2D eigenvalue weighted by atomic mass is 32.2. The van der Waals surface area contributed by atoms with E-state index in [-0.39, 0.29) is 4.90 Å². The summed E-state index contributed by atoms with van der Waals surface area (Å²) in [5.41, 5.74) is 3.66. The highest BCUT2D eigenvalue weighted by Gasteiger charge is 2.22. The Morgan fingerprint density at radius 2 is 1.54 bits per heavy atom. The van der Waals surface area contributed by atoms with Crippen molar-refractivity contribution in [1.82, 2.24) is 4.72 Å². The zero-order valence-corrected chi connectivity index (χ0v) is 15.1. The van der Waals surface area contributed by atoms with E-state index in [0.717, 1.165) is 16.7 Å². The Kier molecular flexibility index (Phi) is 5.41. The zero-order chi connectivity index (χ0) is 17.9. The fraction of sp³-hybridized carbons (Fsp3) is 0.278. The van der Waals surface area contributed by atoms with E-state index in [9.17, 15) is 13.2 Å². The van der Waals surface area contributed by atoms with E-state index < -0.39 is 22.0 Å². The van der Waals surface area contributed by atoms with Crippen LogP contribution in [0.15, 0.2) is 47.4 Å². The summed E-state index contributed by atoms with van der Waals surface area (Å²) in [6.07, 6.45) is 0. The highest BCUT2D eigenvalue weighted by molar-refractivity contribution is 7.89. The van der Waals surface area contributed by atoms with Gasteiger partial charge >= 0.3 is 0 Å². The standard InChI is InChI=1S/C18H22N2O3S/c1-12-5-8-16(9-6-12)24(22,23)20-15(4)18(21)19-17-10-7-13(2)11-14(17)3/h5-11,15,20H,1-4H3,(H,19,21)/t15-/m0/s1. The molecule has 0 aliphatic heterocycles. The first-order valence-electron chi connectivity index (χ1n) is 7.66. The van der Waals surface area contributed by atoms with Crippen molar-refractivity contribution in [1.29, 1.82) is 0 Å². The molecule has 0 aromatic heterocycles. The van der Waals surface area contributed by atoms with E-state index in [4.69, 9.17) is 0 Å². The molecule has 1 atom stereocenters. The molecule has 24 heavy (non-hydrogen) atoms. The molecule has 5 nitrogen and oxygen atoms in total. The highest BCUT2D eigenvalue weighted by Crippen LogP contribution is 2.16. The summed E-state index contributed by atoms with van der Waals surface area (Å²) >= 11 is 0. The average molecular weight is 346 g/mol. The van der Waals surface area contributed by atoms with Gasteiger partial charge in [0.25, 0.3) is 0 Å². The van der Waals surface area contributed by atoms with Crippen LogP contribution in [0.4, 0.5) is 5.69 Å². The summed E-state index contributed by atoms with van der Waals surface area (Å²) < 4.78 is 27.1. The number of aryl methyl sites for hydroxylation is 3. The first-order chi connectivity index (χ1) is 11.2. The van der Waals surface area contributed by atoms with Crippen LogP contribution in [0.25, 0.3) is 0 Å². The largest absolute Gasteiger partial charge is 0.324 e. The molecule has 0 radical (unpaired) electrons. The molecule has 0 aliphatic carbocycles. The minimum atomic E-state index is -3.74. The molecule has 0 unspecified atom stereocenters. The van der Waals surface area contributed by atoms with Crippen LogP contribution in [-0.4, -0.2) is 20.4 Å². The van der Waals surface area contributed by atoms with Gasteiger partial charge in [0, 0.05) is 5.69 Å². The minimum absolute atomic E-state index is 0.138. The Bertz CT molecular complexity index is 843. The van der Waals surface area contributed by atoms with Crippen LogP contribution in [0.1, 0.15) is 23.6 Å². The summed E-state index contributed by atoms with van der Waals surface area (Å²) in [5, 5.41) is 2.75. The number of benzene rings is 2. The molecule has 0 saturated carbocycles. The van der Waals surface area contributed by atoms with Crippen LogP contribution >= 0.6 is 0 Å². The van der Waals surface area contributed by atoms with E-state index in [2.05, 4.69) is 10.0 Å². The quantitative estimate of drug-likeness (QED) is 0.874. The second kappa shape index (κ2) is 7.15. The fourth-order valence-electron chi connectivity index (χ4n) is 2.27. The number of anilines is 1. The number of sulfonamides is 1. The maximum Gasteiger partial charge on any atom is 0.242 e. The second-order valence-electron chi connectivity index (χ2n) is 5.96. The molecular formula is C18H22N2O3S. The number of amides is 1. The predicted octanol–water partition coefficient (Wildman–Crippen LogP) is 2.92. The third kappa shape index (κ3) is 4.43. The van der Waals surface area contributed by atoms with Gasteiger partial charge in [0.2, 0.25) is 15.9 Å². The van der Waals surface area contributed by atoms with Crippen LogP contribution in [-0.2, 0) is 14.8 Å². The van der Waals surface area contributed by atoms with Gasteiger partial charge < -0.3 is 5.32 Å². The van der Waals surface area contributed by atoms with Crippen molar-refractivity contribution >= 4 is 21.6 Å². The molecule has 0 aliphatic rings. The zero-order valence-electron chi connectivity index (χ0n) is 14.3. The molecule has 6 heteroatoms. The molecule has 0 saturated heterocycles. The predicted molar refractivity (Wildman–Crippen MR) is 95.5 cm³/mol. The van der Waals surface area contributed by atoms with Gasteiger partial charge in [-0.15, -0.1) is 0 Å². The van der Waals surface area contributed by atoms with Gasteiger partial charge in [-0.2, -0.15) is 4.72 Å². The summed E-state index contributed by atoms with van der Waals surface area (Å²) in [4.78, 5) is 12.4. The van der Waals surface area contributed by atoms with Crippen LogP contribution in [0.5, 0.6) is 0 Å². The third-order valence-corrected chi connectivity index (χ3v) is 5.25. The lowest BCUT2D eigenvalue weighted by atomic mass is 10.1. The van der Waals surface area contributed by atoms with Gasteiger partial charge in [0.1, 0.15) is 0 Å². The molecule has 2 aromatic carbocycles. The first-order valence-corrected chi connectivity index (χ1v) is 9.14. The molecule has 0 fully saturated rings. The Morgan fingerprint density at radius 3 is 2.12 bits per heavy atom. The van der Waals surface area contributed by atoms with Crippen LogP contribution in [0.3, 0.4) is 0 Å². The van der Waals surface area contributed by atoms with Crippen molar-refractivity contribution in [3.8, 4) is 0 Å². The smallest absolute Gasteiger partial charge is 0.242 e. The van der Waals surface area contributed by atoms with E-state index in [0.29, 0.717) is 5.69 Å². The number of rotatable bonds is 5. The number of hydrogen-bond acceptors (Lipinski definition) is 3. The Labute approximate surface area is 143 Å². The summed E-state index contributed by atoms with van der Waals surface area (Å²) in [6.45, 7) is 7.26. The molecule has 0 bridgehead atoms. The van der Waals surface area contributed by atoms with E-state index in [1.54, 1.807) is 12.1 Å². The molecule has 0 heterocycles. The van der Waals surface area contributed by atoms with Crippen molar-refractivity contribution in [2.75, 3.05) is 5.32 Å². The Hall–Kier alpha value is -2.18. The molecule has 128 valence electrons. The second-order valence-corrected chi connectivity index (χ2v) is 7.68. The van der Waals surface area contributed by atoms with Gasteiger partial charge in [-0.25, -0.2) is 8.42 Å². The Balaban J connectivity index is 2.09. The van der Waals surface area contributed by atoms with Crippen molar-refractivity contribution in [3.05, 3.63) is 59.2 Å². The molecule has 2 rings (SSSR count). The molecular weight excluding hydrogens is 324 g/mol. The maximum absolute atomic E-state index is 12.3. The van der Waals surface area contributed by atoms with Crippen molar-refractivity contribution in [2.24, 2.45) is 0 Å². The number of hydrogen-bond donors (Lipinski definition) is 2. The van der Waals surface area contributed by atoms with E-state index >= 15 is 0 Å². The molecule has 0 spiro atoms. The lowest BCUT2D eigenvalue weighted by Crippen LogP contribution is -2.41. The van der Waals surface area contributed by atoms with Crippen molar-refractivity contribution < 1.29 is 13.2 Å². The number of carbonyl (C=O) groups is 1. The van der Waals surface area contributed by atoms with Crippen LogP contribution in [0.2, 0.25) is 0 Å². The monoisotopic (exact) mass is 346 g/mol. The minimum Gasteiger partial charge on any atom is -0.324 e. The van der Waals surface area contributed by atoms with Gasteiger partial charge in [-0.05, 0) is 51.5 Å². The Morgan fingerprint density at radius 1 is 0.958 bits per heavy atom. The first kappa shape index (κ1) is 18.2. The van der Waals surface area contributed by atoms with Gasteiger partial charge in [0.05, 0.1) is 10.9 Å². The SMILES string of the molecule is Cc1ccc(S(=O)(=O)N[C@@H](C)C(=O)Nc2ccc(C)cc2C)cc1. The fourth-order valence-corrected chi connectivity index (χ4v) is 3.47. The lowest BCUT2D eigenvalue weighted by Gasteiger charge is -2.16. The third-order valence-electron chi connectivity index (χ3n) is 3.70. The summed E-state index contributed by atoms with van der Waals surface area (Å²) in [7, 11) is -3.74. The van der Waals surface area contributed by atoms with Gasteiger partial charge in [0.15, 0.2) is 0 Å². The maximum atomic E-state index is 12.3. The molecule has 2 N–H and O–H groups in total. The summed E-state index contributed by atoms with van der Waals surface area (Å²) in [6, 6.07) is 11.2.